The summed E-state index contributed by atoms with van der Waals surface area (Å²) in [6, 6.07) is 4.89. The molecule has 1 aromatic carbocycles. The van der Waals surface area contributed by atoms with Gasteiger partial charge in [-0.3, -0.25) is 0 Å². The summed E-state index contributed by atoms with van der Waals surface area (Å²) in [5.41, 5.74) is 5.70. The molecule has 0 aliphatic carbocycles. The lowest BCUT2D eigenvalue weighted by Crippen LogP contribution is -2.04. The van der Waals surface area contributed by atoms with E-state index in [4.69, 9.17) is 15.6 Å². The third-order valence-corrected chi connectivity index (χ3v) is 1.79. The first-order chi connectivity index (χ1) is 7.20. The van der Waals surface area contributed by atoms with Crippen molar-refractivity contribution in [2.75, 3.05) is 13.7 Å². The van der Waals surface area contributed by atoms with E-state index in [9.17, 15) is 4.79 Å². The Balaban J connectivity index is 3.31. The van der Waals surface area contributed by atoms with Crippen LogP contribution in [0.1, 0.15) is 15.9 Å². The second-order valence-corrected chi connectivity index (χ2v) is 2.69. The zero-order valence-corrected chi connectivity index (χ0v) is 8.28. The summed E-state index contributed by atoms with van der Waals surface area (Å²) in [6.07, 6.45) is 0. The Hall–Kier alpha value is -1.99. The molecule has 0 amide bonds. The highest BCUT2D eigenvalue weighted by atomic mass is 16.5. The van der Waals surface area contributed by atoms with Gasteiger partial charge in [-0.1, -0.05) is 17.9 Å². The molecule has 1 aromatic rings. The number of benzene rings is 1. The molecule has 0 spiro atoms. The number of ether oxygens (including phenoxy) is 1. The lowest BCUT2D eigenvalue weighted by Gasteiger charge is -2.05. The van der Waals surface area contributed by atoms with Gasteiger partial charge in [-0.05, 0) is 12.1 Å². The van der Waals surface area contributed by atoms with Crippen molar-refractivity contribution in [3.05, 3.63) is 29.3 Å². The SMILES string of the molecule is COc1cccc(C#CCN)c1C(=O)O. The van der Waals surface area contributed by atoms with Gasteiger partial charge in [-0.15, -0.1) is 0 Å². The van der Waals surface area contributed by atoms with Crippen LogP contribution in [0.25, 0.3) is 0 Å². The first kappa shape index (κ1) is 11.1. The Morgan fingerprint density at radius 2 is 2.33 bits per heavy atom. The van der Waals surface area contributed by atoms with Gasteiger partial charge in [0.05, 0.1) is 13.7 Å². The summed E-state index contributed by atoms with van der Waals surface area (Å²) in [4.78, 5) is 11.0. The Bertz CT molecular complexity index is 429. The van der Waals surface area contributed by atoms with E-state index in [0.29, 0.717) is 11.3 Å². The van der Waals surface area contributed by atoms with Crippen molar-refractivity contribution in [2.24, 2.45) is 5.73 Å². The van der Waals surface area contributed by atoms with E-state index in [1.54, 1.807) is 18.2 Å². The summed E-state index contributed by atoms with van der Waals surface area (Å²) in [7, 11) is 1.42. The average Bonchev–Trinajstić information content (AvgIpc) is 2.25. The zero-order valence-electron chi connectivity index (χ0n) is 8.28. The van der Waals surface area contributed by atoms with E-state index < -0.39 is 5.97 Å². The predicted octanol–water partition coefficient (Wildman–Crippen LogP) is 0.704. The molecule has 0 saturated heterocycles. The first-order valence-corrected chi connectivity index (χ1v) is 4.30. The Kier molecular flexibility index (Phi) is 3.72. The zero-order chi connectivity index (χ0) is 11.3. The molecule has 4 nitrogen and oxygen atoms in total. The monoisotopic (exact) mass is 205 g/mol. The molecule has 1 rings (SSSR count). The number of aromatic carboxylic acids is 1. The summed E-state index contributed by atoms with van der Waals surface area (Å²) in [6.45, 7) is 0.191. The second-order valence-electron chi connectivity index (χ2n) is 2.69. The van der Waals surface area contributed by atoms with Gasteiger partial charge in [-0.25, -0.2) is 4.79 Å². The van der Waals surface area contributed by atoms with Crippen LogP contribution < -0.4 is 10.5 Å². The molecule has 15 heavy (non-hydrogen) atoms. The van der Waals surface area contributed by atoms with Crippen molar-refractivity contribution < 1.29 is 14.6 Å². The van der Waals surface area contributed by atoms with Crippen molar-refractivity contribution in [3.8, 4) is 17.6 Å². The van der Waals surface area contributed by atoms with E-state index in [1.807, 2.05) is 0 Å². The maximum atomic E-state index is 11.0. The fourth-order valence-corrected chi connectivity index (χ4v) is 1.17. The molecule has 78 valence electrons. The van der Waals surface area contributed by atoms with Gasteiger partial charge in [0, 0.05) is 5.56 Å². The van der Waals surface area contributed by atoms with Gasteiger partial charge in [0.15, 0.2) is 0 Å². The number of rotatable bonds is 2. The molecular weight excluding hydrogens is 194 g/mol. The minimum atomic E-state index is -1.06. The third-order valence-electron chi connectivity index (χ3n) is 1.79. The first-order valence-electron chi connectivity index (χ1n) is 4.30. The molecule has 0 heterocycles. The maximum Gasteiger partial charge on any atom is 0.340 e. The highest BCUT2D eigenvalue weighted by Gasteiger charge is 2.14. The van der Waals surface area contributed by atoms with Gasteiger partial charge in [-0.2, -0.15) is 0 Å². The van der Waals surface area contributed by atoms with Gasteiger partial charge < -0.3 is 15.6 Å². The van der Waals surface area contributed by atoms with E-state index in [1.165, 1.54) is 7.11 Å². The number of hydrogen-bond acceptors (Lipinski definition) is 3. The van der Waals surface area contributed by atoms with Gasteiger partial charge in [0.2, 0.25) is 0 Å². The van der Waals surface area contributed by atoms with Crippen molar-refractivity contribution in [1.29, 1.82) is 0 Å². The van der Waals surface area contributed by atoms with Crippen molar-refractivity contribution in [3.63, 3.8) is 0 Å². The molecule has 0 aliphatic rings. The predicted molar refractivity (Wildman–Crippen MR) is 55.9 cm³/mol. The number of methoxy groups -OCH3 is 1. The van der Waals surface area contributed by atoms with Crippen LogP contribution in [0.2, 0.25) is 0 Å². The summed E-state index contributed by atoms with van der Waals surface area (Å²) < 4.78 is 4.95. The Morgan fingerprint density at radius 3 is 2.87 bits per heavy atom. The van der Waals surface area contributed by atoms with Gasteiger partial charge >= 0.3 is 5.97 Å². The van der Waals surface area contributed by atoms with Crippen molar-refractivity contribution in [2.45, 2.75) is 0 Å². The van der Waals surface area contributed by atoms with Crippen LogP contribution in [0.4, 0.5) is 0 Å². The van der Waals surface area contributed by atoms with Crippen molar-refractivity contribution in [1.82, 2.24) is 0 Å². The summed E-state index contributed by atoms with van der Waals surface area (Å²) in [5.74, 6) is 4.54. The lowest BCUT2D eigenvalue weighted by molar-refractivity contribution is 0.0693. The number of carboxylic acid groups (broad SMARTS) is 1. The fourth-order valence-electron chi connectivity index (χ4n) is 1.17. The minimum Gasteiger partial charge on any atom is -0.496 e. The largest absolute Gasteiger partial charge is 0.496 e. The molecule has 3 N–H and O–H groups in total. The van der Waals surface area contributed by atoms with Crippen LogP contribution >= 0.6 is 0 Å². The van der Waals surface area contributed by atoms with Crippen LogP contribution in [-0.2, 0) is 0 Å². The van der Waals surface area contributed by atoms with Crippen LogP contribution in [0, 0.1) is 11.8 Å². The molecular formula is C11H11NO3. The van der Waals surface area contributed by atoms with Crippen LogP contribution in [0.3, 0.4) is 0 Å². The summed E-state index contributed by atoms with van der Waals surface area (Å²) in [5, 5.41) is 9.00. The molecule has 0 unspecified atom stereocenters. The quantitative estimate of drug-likeness (QED) is 0.697. The number of nitrogens with two attached hydrogens (primary N) is 1. The number of carbonyl (C=O) groups is 1. The van der Waals surface area contributed by atoms with E-state index in [-0.39, 0.29) is 12.1 Å². The molecule has 4 heteroatoms. The van der Waals surface area contributed by atoms with E-state index >= 15 is 0 Å². The normalized spacial score (nSPS) is 8.93. The molecule has 0 bridgehead atoms. The third kappa shape index (κ3) is 2.48. The van der Waals surface area contributed by atoms with E-state index in [2.05, 4.69) is 11.8 Å². The smallest absolute Gasteiger partial charge is 0.340 e. The topological polar surface area (TPSA) is 72.5 Å². The maximum absolute atomic E-state index is 11.0. The number of hydrogen-bond donors (Lipinski definition) is 2. The second kappa shape index (κ2) is 5.03. The molecule has 0 saturated carbocycles. The van der Waals surface area contributed by atoms with Gasteiger partial charge in [0.1, 0.15) is 11.3 Å². The molecule has 0 aromatic heterocycles. The van der Waals surface area contributed by atoms with Crippen LogP contribution in [0.5, 0.6) is 5.75 Å². The average molecular weight is 205 g/mol. The Morgan fingerprint density at radius 1 is 1.60 bits per heavy atom. The van der Waals surface area contributed by atoms with Crippen LogP contribution in [-0.4, -0.2) is 24.7 Å². The molecule has 0 aliphatic heterocycles. The molecule has 0 fully saturated rings. The summed E-state index contributed by atoms with van der Waals surface area (Å²) >= 11 is 0. The standard InChI is InChI=1S/C11H11NO3/c1-15-9-6-2-4-8(5-3-7-12)10(9)11(13)14/h2,4,6H,7,12H2,1H3,(H,13,14). The van der Waals surface area contributed by atoms with E-state index in [0.717, 1.165) is 0 Å². The molecule has 0 atom stereocenters. The molecule has 0 radical (unpaired) electrons. The Labute approximate surface area is 87.7 Å². The highest BCUT2D eigenvalue weighted by molar-refractivity contribution is 5.94. The van der Waals surface area contributed by atoms with Gasteiger partial charge in [0.25, 0.3) is 0 Å². The minimum absolute atomic E-state index is 0.0703. The van der Waals surface area contributed by atoms with Crippen molar-refractivity contribution >= 4 is 5.97 Å². The highest BCUT2D eigenvalue weighted by Crippen LogP contribution is 2.21. The fraction of sp³-hybridized carbons (Fsp3) is 0.182. The number of carboxylic acids is 1. The lowest BCUT2D eigenvalue weighted by atomic mass is 10.1. The van der Waals surface area contributed by atoms with Crippen LogP contribution in [0.15, 0.2) is 18.2 Å².